The summed E-state index contributed by atoms with van der Waals surface area (Å²) in [7, 11) is 0. The Labute approximate surface area is 93.5 Å². The van der Waals surface area contributed by atoms with Gasteiger partial charge in [0, 0.05) is 6.54 Å². The van der Waals surface area contributed by atoms with Gasteiger partial charge in [0.25, 0.3) is 0 Å². The Morgan fingerprint density at radius 2 is 2.14 bits per heavy atom. The fourth-order valence-electron chi connectivity index (χ4n) is 1.17. The molecule has 0 atom stereocenters. The van der Waals surface area contributed by atoms with E-state index in [1.165, 1.54) is 12.1 Å². The molecule has 2 rings (SSSR count). The third-order valence-corrected chi connectivity index (χ3v) is 2.41. The molecule has 1 aromatic rings. The van der Waals surface area contributed by atoms with E-state index in [0.717, 1.165) is 13.1 Å². The summed E-state index contributed by atoms with van der Waals surface area (Å²) < 4.78 is 7.42. The monoisotopic (exact) mass is 236 g/mol. The van der Waals surface area contributed by atoms with E-state index in [1.54, 1.807) is 0 Å². The zero-order valence-electron chi connectivity index (χ0n) is 8.27. The first-order chi connectivity index (χ1) is 7.16. The molecular formula is C9H9Cl2N3. The SMILES string of the molecule is [2H][13c]1[13cH][13c](Cl)[13c](NC2=NCCN2)[13c](Cl)[13cH]1. The predicted molar refractivity (Wildman–Crippen MR) is 60.4 cm³/mol. The number of anilines is 1. The summed E-state index contributed by atoms with van der Waals surface area (Å²) in [4.78, 5) is 4.17. The number of halogens is 2. The standard InChI is InChI=1S/C9H9Cl2N3/c10-6-2-1-3-7(11)8(6)14-9-12-4-5-13-9/h1-3H,4-5H2,(H2,12,13,14)/i1+1D,2+1,3+1,6+1,7+1,8+1. The van der Waals surface area contributed by atoms with E-state index in [9.17, 15) is 0 Å². The normalized spacial score (nSPS) is 15.9. The molecular weight excluding hydrogens is 227 g/mol. The van der Waals surface area contributed by atoms with Crippen LogP contribution in [0.4, 0.5) is 5.69 Å². The molecule has 1 aliphatic heterocycles. The second kappa shape index (κ2) is 4.07. The van der Waals surface area contributed by atoms with Crippen molar-refractivity contribution in [1.29, 1.82) is 0 Å². The van der Waals surface area contributed by atoms with Gasteiger partial charge in [-0.15, -0.1) is 0 Å². The van der Waals surface area contributed by atoms with Crippen LogP contribution in [0.5, 0.6) is 0 Å². The predicted octanol–water partition coefficient (Wildman–Crippen LogP) is 2.36. The van der Waals surface area contributed by atoms with E-state index in [0.29, 0.717) is 21.7 Å². The lowest BCUT2D eigenvalue weighted by molar-refractivity contribution is 0.959. The summed E-state index contributed by atoms with van der Waals surface area (Å²) in [5.41, 5.74) is 0.586. The lowest BCUT2D eigenvalue weighted by Crippen LogP contribution is -2.26. The second-order valence-corrected chi connectivity index (χ2v) is 3.62. The molecule has 0 aliphatic carbocycles. The van der Waals surface area contributed by atoms with E-state index >= 15 is 0 Å². The fourth-order valence-corrected chi connectivity index (χ4v) is 1.64. The van der Waals surface area contributed by atoms with Crippen molar-refractivity contribution in [1.82, 2.24) is 5.32 Å². The minimum Gasteiger partial charge on any atom is -0.354 e. The van der Waals surface area contributed by atoms with Crippen LogP contribution in [0, 0.1) is 0 Å². The molecule has 0 saturated heterocycles. The van der Waals surface area contributed by atoms with Crippen molar-refractivity contribution in [3.63, 3.8) is 0 Å². The van der Waals surface area contributed by atoms with Crippen LogP contribution in [0.1, 0.15) is 1.37 Å². The maximum absolute atomic E-state index is 7.42. The van der Waals surface area contributed by atoms with Gasteiger partial charge in [0.05, 0.1) is 23.6 Å². The molecule has 0 radical (unpaired) electrons. The largest absolute Gasteiger partial charge is 0.354 e. The second-order valence-electron chi connectivity index (χ2n) is 2.81. The maximum atomic E-state index is 7.42. The van der Waals surface area contributed by atoms with Crippen LogP contribution in [-0.4, -0.2) is 19.0 Å². The van der Waals surface area contributed by atoms with Gasteiger partial charge in [0.1, 0.15) is 0 Å². The number of benzene rings is 1. The number of para-hydroxylation sites is 1. The van der Waals surface area contributed by atoms with Crippen LogP contribution in [-0.2, 0) is 0 Å². The third-order valence-electron chi connectivity index (χ3n) is 1.82. The molecule has 1 heterocycles. The molecule has 0 saturated carbocycles. The van der Waals surface area contributed by atoms with Crippen LogP contribution in [0.2, 0.25) is 10.0 Å². The van der Waals surface area contributed by atoms with Gasteiger partial charge in [-0.1, -0.05) is 29.2 Å². The molecule has 0 amide bonds. The fraction of sp³-hybridized carbons (Fsp3) is 0.222. The van der Waals surface area contributed by atoms with Crippen LogP contribution >= 0.6 is 23.2 Å². The zero-order valence-corrected chi connectivity index (χ0v) is 8.78. The van der Waals surface area contributed by atoms with E-state index < -0.39 is 0 Å². The minimum absolute atomic E-state index is 0.289. The van der Waals surface area contributed by atoms with Gasteiger partial charge in [-0.05, 0) is 12.1 Å². The van der Waals surface area contributed by atoms with Crippen LogP contribution in [0.3, 0.4) is 0 Å². The summed E-state index contributed by atoms with van der Waals surface area (Å²) in [6, 6.07) is 3.35. The van der Waals surface area contributed by atoms with Gasteiger partial charge in [0.2, 0.25) is 0 Å². The first-order valence-corrected chi connectivity index (χ1v) is 4.93. The topological polar surface area (TPSA) is 36.4 Å². The Kier molecular flexibility index (Phi) is 2.44. The molecule has 0 fully saturated rings. The van der Waals surface area contributed by atoms with E-state index in [4.69, 9.17) is 24.6 Å². The molecule has 0 bridgehead atoms. The molecule has 1 aliphatic rings. The summed E-state index contributed by atoms with van der Waals surface area (Å²) in [6.45, 7) is 1.56. The molecule has 14 heavy (non-hydrogen) atoms. The number of rotatable bonds is 1. The van der Waals surface area contributed by atoms with E-state index in [1.807, 2.05) is 0 Å². The van der Waals surface area contributed by atoms with Gasteiger partial charge >= 0.3 is 0 Å². The molecule has 0 aromatic heterocycles. The number of hydrogen-bond donors (Lipinski definition) is 2. The first-order valence-electron chi connectivity index (χ1n) is 4.68. The van der Waals surface area contributed by atoms with Gasteiger partial charge in [-0.25, -0.2) is 0 Å². The van der Waals surface area contributed by atoms with Crippen molar-refractivity contribution in [2.45, 2.75) is 0 Å². The highest BCUT2D eigenvalue weighted by atomic mass is 35.5. The van der Waals surface area contributed by atoms with Crippen molar-refractivity contribution >= 4 is 34.8 Å². The van der Waals surface area contributed by atoms with E-state index in [-0.39, 0.29) is 6.04 Å². The average molecular weight is 237 g/mol. The van der Waals surface area contributed by atoms with E-state index in [2.05, 4.69) is 15.6 Å². The highest BCUT2D eigenvalue weighted by Crippen LogP contribution is 2.29. The van der Waals surface area contributed by atoms with Crippen molar-refractivity contribution in [3.05, 3.63) is 28.2 Å². The van der Waals surface area contributed by atoms with Gasteiger partial charge < -0.3 is 10.6 Å². The lowest BCUT2D eigenvalue weighted by atomic mass is 10.7. The number of nitrogens with one attached hydrogen (secondary N) is 2. The molecule has 2 N–H and O–H groups in total. The van der Waals surface area contributed by atoms with Gasteiger partial charge in [0.15, 0.2) is 5.96 Å². The molecule has 1 aromatic carbocycles. The Morgan fingerprint density at radius 3 is 2.71 bits per heavy atom. The Bertz CT molecular complexity index is 397. The lowest BCUT2D eigenvalue weighted by Gasteiger charge is -2.09. The molecule has 5 heteroatoms. The molecule has 74 valence electrons. The van der Waals surface area contributed by atoms with Gasteiger partial charge in [-0.3, -0.25) is 4.99 Å². The Hall–Kier alpha value is -0.930. The maximum Gasteiger partial charge on any atom is 0.196 e. The third kappa shape index (κ3) is 1.94. The quantitative estimate of drug-likeness (QED) is 0.786. The number of nitrogens with zero attached hydrogens (tertiary/aromatic N) is 1. The van der Waals surface area contributed by atoms with Crippen molar-refractivity contribution in [2.24, 2.45) is 4.99 Å². The van der Waals surface area contributed by atoms with Crippen molar-refractivity contribution in [2.75, 3.05) is 18.4 Å². The van der Waals surface area contributed by atoms with Crippen LogP contribution in [0.15, 0.2) is 23.2 Å². The average Bonchev–Trinajstić information content (AvgIpc) is 2.63. The summed E-state index contributed by atoms with van der Waals surface area (Å²) in [5, 5.41) is 6.89. The molecule has 0 unspecified atom stereocenters. The van der Waals surface area contributed by atoms with Crippen LogP contribution in [0.25, 0.3) is 0 Å². The number of hydrogen-bond acceptors (Lipinski definition) is 3. The van der Waals surface area contributed by atoms with Crippen molar-refractivity contribution < 1.29 is 1.37 Å². The van der Waals surface area contributed by atoms with Gasteiger partial charge in [-0.2, -0.15) is 0 Å². The summed E-state index contributed by atoms with van der Waals surface area (Å²) in [5.74, 6) is 0.663. The number of aliphatic imine (C=N–C) groups is 1. The van der Waals surface area contributed by atoms with Crippen molar-refractivity contribution in [3.8, 4) is 0 Å². The summed E-state index contributed by atoms with van der Waals surface area (Å²) >= 11 is 11.9. The zero-order chi connectivity index (χ0) is 10.8. The highest BCUT2D eigenvalue weighted by Gasteiger charge is 2.09. The highest BCUT2D eigenvalue weighted by molar-refractivity contribution is 6.39. The Morgan fingerprint density at radius 1 is 1.43 bits per heavy atom. The first kappa shape index (κ1) is 8.38. The summed E-state index contributed by atoms with van der Waals surface area (Å²) in [6.07, 6.45) is 0. The minimum atomic E-state index is 0.289. The smallest absolute Gasteiger partial charge is 0.196 e. The number of guanidine groups is 1. The van der Waals surface area contributed by atoms with Crippen LogP contribution < -0.4 is 10.6 Å². The Balaban J connectivity index is 2.27. The molecule has 0 spiro atoms. The molecule has 3 nitrogen and oxygen atoms in total.